The maximum absolute atomic E-state index is 5.67. The molecule has 0 amide bonds. The fourth-order valence-corrected chi connectivity index (χ4v) is 4.05. The summed E-state index contributed by atoms with van der Waals surface area (Å²) in [7, 11) is 0. The van der Waals surface area contributed by atoms with E-state index in [-0.39, 0.29) is 36.8 Å². The fourth-order valence-electron chi connectivity index (χ4n) is 3.65. The maximum Gasteiger partial charge on any atom is 0.119 e. The van der Waals surface area contributed by atoms with Gasteiger partial charge in [-0.1, -0.05) is 105 Å². The first-order valence-electron chi connectivity index (χ1n) is 12.7. The van der Waals surface area contributed by atoms with Gasteiger partial charge in [0, 0.05) is 26.5 Å². The van der Waals surface area contributed by atoms with Gasteiger partial charge in [0.05, 0.1) is 12.4 Å². The molecule has 0 heterocycles. The molecule has 0 aliphatic heterocycles. The number of benzene rings is 3. The average Bonchev–Trinajstić information content (AvgIpc) is 2.88. The summed E-state index contributed by atoms with van der Waals surface area (Å²) in [6.45, 7) is 16.6. The van der Waals surface area contributed by atoms with Crippen molar-refractivity contribution in [3.05, 3.63) is 123 Å². The minimum absolute atomic E-state index is 0. The predicted octanol–water partition coefficient (Wildman–Crippen LogP) is 9.88. The van der Waals surface area contributed by atoms with E-state index in [0.717, 1.165) is 27.1 Å². The molecule has 0 saturated heterocycles. The zero-order chi connectivity index (χ0) is 26.2. The van der Waals surface area contributed by atoms with Crippen LogP contribution in [0.3, 0.4) is 0 Å². The maximum atomic E-state index is 5.67. The van der Waals surface area contributed by atoms with Crippen molar-refractivity contribution in [2.24, 2.45) is 0 Å². The average molecular weight is 642 g/mol. The molecule has 0 atom stereocenters. The molecule has 0 spiro atoms. The van der Waals surface area contributed by atoms with Crippen molar-refractivity contribution in [2.75, 3.05) is 19.8 Å². The largest absolute Gasteiger partial charge is 0.491 e. The molecule has 0 aliphatic carbocycles. The van der Waals surface area contributed by atoms with Crippen molar-refractivity contribution in [3.63, 3.8) is 0 Å². The van der Waals surface area contributed by atoms with Crippen LogP contribution >= 0.6 is 15.9 Å². The minimum Gasteiger partial charge on any atom is -0.491 e. The first-order valence-corrected chi connectivity index (χ1v) is 13.5. The monoisotopic (exact) mass is 640 g/mol. The smallest absolute Gasteiger partial charge is 0.119 e. The first kappa shape index (κ1) is 39.2. The number of rotatable bonds is 13. The normalized spacial score (nSPS) is 10.1. The molecule has 0 aliphatic rings. The van der Waals surface area contributed by atoms with Crippen molar-refractivity contribution in [1.82, 2.24) is 0 Å². The Morgan fingerprint density at radius 1 is 0.795 bits per heavy atom. The van der Waals surface area contributed by atoms with Crippen LogP contribution in [0.25, 0.3) is 0 Å². The molecule has 222 valence electrons. The quantitative estimate of drug-likeness (QED) is 0.106. The summed E-state index contributed by atoms with van der Waals surface area (Å²) in [5.41, 5.74) is 3.76. The van der Waals surface area contributed by atoms with Crippen molar-refractivity contribution >= 4 is 15.9 Å². The van der Waals surface area contributed by atoms with Gasteiger partial charge in [-0.25, -0.2) is 0 Å². The topological polar surface area (TPSA) is 27.7 Å². The van der Waals surface area contributed by atoms with E-state index in [4.69, 9.17) is 14.2 Å². The summed E-state index contributed by atoms with van der Waals surface area (Å²) in [4.78, 5) is 0. The van der Waals surface area contributed by atoms with Gasteiger partial charge in [0.25, 0.3) is 0 Å². The second-order valence-corrected chi connectivity index (χ2v) is 10.2. The van der Waals surface area contributed by atoms with Crippen molar-refractivity contribution in [1.29, 1.82) is 0 Å². The molecule has 0 fully saturated rings. The van der Waals surface area contributed by atoms with Crippen LogP contribution in [-0.2, 0) is 33.3 Å². The predicted molar refractivity (Wildman–Crippen MR) is 167 cm³/mol. The van der Waals surface area contributed by atoms with E-state index >= 15 is 0 Å². The molecular weight excluding hydrogens is 595 g/mol. The third-order valence-corrected chi connectivity index (χ3v) is 6.73. The molecule has 0 saturated carbocycles. The van der Waals surface area contributed by atoms with Gasteiger partial charge >= 0.3 is 0 Å². The zero-order valence-electron chi connectivity index (χ0n) is 24.4. The summed E-state index contributed by atoms with van der Waals surface area (Å²) in [6.07, 6.45) is 5.12. The number of hydrogen-bond donors (Lipinski definition) is 0. The molecule has 0 aromatic heterocycles. The summed E-state index contributed by atoms with van der Waals surface area (Å²) in [5.74, 6) is 1.77. The summed E-state index contributed by atoms with van der Waals surface area (Å²) >= 11 is 3.49. The fraction of sp³-hybridized carbons (Fsp3) is 0.353. The number of unbranched alkanes of at least 4 members (excludes halogenated alkanes) is 2. The molecule has 0 N–H and O–H groups in total. The molecule has 0 bridgehead atoms. The van der Waals surface area contributed by atoms with Crippen LogP contribution in [0.2, 0.25) is 0 Å². The molecule has 39 heavy (non-hydrogen) atoms. The summed E-state index contributed by atoms with van der Waals surface area (Å²) in [6, 6.07) is 24.3. The molecule has 3 rings (SSSR count). The van der Waals surface area contributed by atoms with Crippen LogP contribution < -0.4 is 9.47 Å². The third-order valence-electron chi connectivity index (χ3n) is 5.96. The Hall–Kier alpha value is -1.94. The first-order chi connectivity index (χ1) is 17.4. The van der Waals surface area contributed by atoms with Gasteiger partial charge in [-0.3, -0.25) is 0 Å². The number of hydrogen-bond acceptors (Lipinski definition) is 3. The number of ether oxygens (including phenoxy) is 3. The van der Waals surface area contributed by atoms with E-state index in [1.807, 2.05) is 48.5 Å². The Kier molecular flexibility index (Phi) is 22.0. The molecule has 3 nitrogen and oxygen atoms in total. The van der Waals surface area contributed by atoms with Gasteiger partial charge in [0.1, 0.15) is 19.0 Å². The van der Waals surface area contributed by atoms with E-state index in [1.165, 1.54) is 31.2 Å². The second kappa shape index (κ2) is 21.8. The van der Waals surface area contributed by atoms with Gasteiger partial charge in [0.2, 0.25) is 0 Å². The van der Waals surface area contributed by atoms with Gasteiger partial charge in [0.15, 0.2) is 0 Å². The SMILES string of the molecule is [CH2-]COCCOc1ccc(C(C)(C)CCCCC)cc1.[CH2-]c1ccc(OCc2ccccc2Br)cc1.[CH3-].[CH3-].[Ni]. The van der Waals surface area contributed by atoms with Crippen LogP contribution in [-0.4, -0.2) is 19.8 Å². The van der Waals surface area contributed by atoms with Gasteiger partial charge in [-0.2, -0.15) is 24.6 Å². The summed E-state index contributed by atoms with van der Waals surface area (Å²) in [5, 5.41) is 0. The van der Waals surface area contributed by atoms with Gasteiger partial charge in [-0.15, -0.1) is 0 Å². The zero-order valence-corrected chi connectivity index (χ0v) is 27.0. The van der Waals surface area contributed by atoms with Crippen molar-refractivity contribution in [3.8, 4) is 11.5 Å². The molecule has 0 radical (unpaired) electrons. The Morgan fingerprint density at radius 2 is 1.38 bits per heavy atom. The Bertz CT molecular complexity index is 988. The van der Waals surface area contributed by atoms with E-state index in [9.17, 15) is 0 Å². The molecule has 5 heteroatoms. The Labute approximate surface area is 258 Å². The van der Waals surface area contributed by atoms with Crippen LogP contribution in [0.15, 0.2) is 77.3 Å². The minimum atomic E-state index is 0. The van der Waals surface area contributed by atoms with Gasteiger partial charge < -0.3 is 36.0 Å². The molecule has 3 aromatic rings. The molecule has 0 unspecified atom stereocenters. The standard InChI is InChI=1S/C18H29O2.C14H12BrO.2CH3.Ni/c1-5-7-8-13-18(3,4)16-9-11-17(12-10-16)20-15-14-19-6-2;1-11-6-8-13(9-7-11)16-10-12-4-2-3-5-14(12)15;;;/h9-12H,2,5-8,13-15H2,1,3-4H3;2-9H,1,10H2;2*1H3;/q4*-1;. The summed E-state index contributed by atoms with van der Waals surface area (Å²) < 4.78 is 17.5. The van der Waals surface area contributed by atoms with Crippen LogP contribution in [0.5, 0.6) is 11.5 Å². The Balaban J connectivity index is 0. The van der Waals surface area contributed by atoms with Crippen LogP contribution in [0, 0.1) is 28.7 Å². The van der Waals surface area contributed by atoms with Gasteiger partial charge in [-0.05, 0) is 35.6 Å². The second-order valence-electron chi connectivity index (χ2n) is 9.35. The molecular formula is C34H47BrNiO3-4. The van der Waals surface area contributed by atoms with Crippen LogP contribution in [0.4, 0.5) is 0 Å². The van der Waals surface area contributed by atoms with E-state index in [1.54, 1.807) is 0 Å². The number of halogens is 1. The van der Waals surface area contributed by atoms with E-state index in [0.29, 0.717) is 26.4 Å². The van der Waals surface area contributed by atoms with E-state index in [2.05, 4.69) is 74.8 Å². The molecule has 3 aromatic carbocycles. The van der Waals surface area contributed by atoms with Crippen LogP contribution in [0.1, 0.15) is 63.1 Å². The van der Waals surface area contributed by atoms with Crippen molar-refractivity contribution < 1.29 is 30.7 Å². The van der Waals surface area contributed by atoms with E-state index < -0.39 is 0 Å². The Morgan fingerprint density at radius 3 is 1.97 bits per heavy atom. The van der Waals surface area contributed by atoms with Crippen molar-refractivity contribution in [2.45, 2.75) is 58.5 Å². The third kappa shape index (κ3) is 15.4.